The minimum absolute atomic E-state index is 0.0598. The first-order valence-corrected chi connectivity index (χ1v) is 12.4. The van der Waals surface area contributed by atoms with Crippen LogP contribution in [-0.2, 0) is 17.1 Å². The number of aromatic nitrogens is 3. The quantitative estimate of drug-likeness (QED) is 0.407. The van der Waals surface area contributed by atoms with Gasteiger partial charge in [-0.3, -0.25) is 19.0 Å². The number of carbonyl (C=O) groups is 1. The van der Waals surface area contributed by atoms with Gasteiger partial charge in [0.05, 0.1) is 16.4 Å². The van der Waals surface area contributed by atoms with Crippen molar-refractivity contribution in [3.05, 3.63) is 99.1 Å². The van der Waals surface area contributed by atoms with Crippen molar-refractivity contribution in [2.45, 2.75) is 18.7 Å². The molecule has 1 amide bonds. The number of aryl methyl sites for hydroxylation is 1. The molecule has 2 aromatic heterocycles. The molecule has 0 saturated heterocycles. The molecule has 0 radical (unpaired) electrons. The third-order valence-electron chi connectivity index (χ3n) is 5.40. The number of anilines is 2. The molecule has 0 aliphatic heterocycles. The SMILES string of the molecule is Cc1cccc(NC(=O)c2ccc(Cl)c(S(=O)(=O)Nc3c(C)n(C)n(-c4ccccc4)c3=O)c2)n1. The molecule has 0 bridgehead atoms. The fourth-order valence-corrected chi connectivity index (χ4v) is 5.17. The monoisotopic (exact) mass is 511 g/mol. The van der Waals surface area contributed by atoms with Crippen LogP contribution in [0, 0.1) is 13.8 Å². The molecule has 4 aromatic rings. The van der Waals surface area contributed by atoms with Gasteiger partial charge in [0, 0.05) is 18.3 Å². The number of amides is 1. The Balaban J connectivity index is 1.68. The van der Waals surface area contributed by atoms with Crippen LogP contribution in [0.15, 0.2) is 76.4 Å². The first kappa shape index (κ1) is 24.2. The molecule has 0 aliphatic carbocycles. The lowest BCUT2D eigenvalue weighted by Gasteiger charge is -2.11. The second-order valence-electron chi connectivity index (χ2n) is 7.81. The summed E-state index contributed by atoms with van der Waals surface area (Å²) in [6.45, 7) is 3.41. The summed E-state index contributed by atoms with van der Waals surface area (Å²) in [5.41, 5.74) is 1.09. The van der Waals surface area contributed by atoms with Crippen molar-refractivity contribution in [1.29, 1.82) is 0 Å². The zero-order valence-electron chi connectivity index (χ0n) is 19.1. The Morgan fingerprint density at radius 3 is 2.40 bits per heavy atom. The molecule has 0 spiro atoms. The lowest BCUT2D eigenvalue weighted by Crippen LogP contribution is -2.23. The van der Waals surface area contributed by atoms with Crippen molar-refractivity contribution in [2.75, 3.05) is 10.0 Å². The van der Waals surface area contributed by atoms with E-state index in [9.17, 15) is 18.0 Å². The Labute approximate surface area is 207 Å². The van der Waals surface area contributed by atoms with Gasteiger partial charge in [0.2, 0.25) is 0 Å². The van der Waals surface area contributed by atoms with E-state index < -0.39 is 21.5 Å². The highest BCUT2D eigenvalue weighted by atomic mass is 35.5. The molecular weight excluding hydrogens is 490 g/mol. The highest BCUT2D eigenvalue weighted by Crippen LogP contribution is 2.26. The van der Waals surface area contributed by atoms with Crippen LogP contribution < -0.4 is 15.6 Å². The maximum absolute atomic E-state index is 13.3. The second-order valence-corrected chi connectivity index (χ2v) is 9.86. The van der Waals surface area contributed by atoms with Crippen LogP contribution in [0.25, 0.3) is 5.69 Å². The van der Waals surface area contributed by atoms with Crippen molar-refractivity contribution < 1.29 is 13.2 Å². The predicted molar refractivity (Wildman–Crippen MR) is 135 cm³/mol. The summed E-state index contributed by atoms with van der Waals surface area (Å²) in [7, 11) is -2.66. The number of carbonyl (C=O) groups excluding carboxylic acids is 1. The summed E-state index contributed by atoms with van der Waals surface area (Å²) < 4.78 is 31.8. The van der Waals surface area contributed by atoms with Crippen LogP contribution in [0.4, 0.5) is 11.5 Å². The predicted octanol–water partition coefficient (Wildman–Crippen LogP) is 3.89. The van der Waals surface area contributed by atoms with E-state index in [-0.39, 0.29) is 21.2 Å². The molecule has 4 rings (SSSR count). The van der Waals surface area contributed by atoms with E-state index in [4.69, 9.17) is 11.6 Å². The number of nitrogens with zero attached hydrogens (tertiary/aromatic N) is 3. The zero-order valence-corrected chi connectivity index (χ0v) is 20.7. The van der Waals surface area contributed by atoms with Gasteiger partial charge in [0.25, 0.3) is 21.5 Å². The minimum atomic E-state index is -4.31. The van der Waals surface area contributed by atoms with Gasteiger partial charge in [-0.05, 0) is 56.3 Å². The molecule has 2 aromatic carbocycles. The van der Waals surface area contributed by atoms with E-state index >= 15 is 0 Å². The Kier molecular flexibility index (Phi) is 6.51. The maximum atomic E-state index is 13.3. The summed E-state index contributed by atoms with van der Waals surface area (Å²) >= 11 is 6.19. The van der Waals surface area contributed by atoms with Crippen LogP contribution in [0.2, 0.25) is 5.02 Å². The molecule has 35 heavy (non-hydrogen) atoms. The van der Waals surface area contributed by atoms with Crippen molar-refractivity contribution in [3.8, 4) is 5.69 Å². The number of nitrogens with one attached hydrogen (secondary N) is 2. The average Bonchev–Trinajstić information content (AvgIpc) is 3.02. The van der Waals surface area contributed by atoms with Gasteiger partial charge in [-0.1, -0.05) is 35.9 Å². The summed E-state index contributed by atoms with van der Waals surface area (Å²) in [5, 5.41) is 2.53. The van der Waals surface area contributed by atoms with Gasteiger partial charge in [0.1, 0.15) is 16.4 Å². The van der Waals surface area contributed by atoms with Gasteiger partial charge in [0.15, 0.2) is 0 Å². The lowest BCUT2D eigenvalue weighted by atomic mass is 10.2. The van der Waals surface area contributed by atoms with Crippen LogP contribution in [0.5, 0.6) is 0 Å². The molecule has 2 heterocycles. The van der Waals surface area contributed by atoms with E-state index in [1.807, 2.05) is 6.07 Å². The lowest BCUT2D eigenvalue weighted by molar-refractivity contribution is 0.102. The fourth-order valence-electron chi connectivity index (χ4n) is 3.53. The van der Waals surface area contributed by atoms with E-state index in [0.717, 1.165) is 6.07 Å². The zero-order chi connectivity index (χ0) is 25.3. The van der Waals surface area contributed by atoms with Crippen LogP contribution in [-0.4, -0.2) is 28.7 Å². The number of sulfonamides is 1. The van der Waals surface area contributed by atoms with E-state index in [1.54, 1.807) is 68.0 Å². The number of para-hydroxylation sites is 1. The Morgan fingerprint density at radius 1 is 1.00 bits per heavy atom. The first-order chi connectivity index (χ1) is 16.6. The molecular formula is C24H22ClN5O4S. The van der Waals surface area contributed by atoms with Crippen molar-refractivity contribution in [2.24, 2.45) is 7.05 Å². The maximum Gasteiger partial charge on any atom is 0.296 e. The average molecular weight is 512 g/mol. The van der Waals surface area contributed by atoms with Gasteiger partial charge in [-0.2, -0.15) is 0 Å². The Bertz CT molecular complexity index is 1590. The van der Waals surface area contributed by atoms with Gasteiger partial charge in [-0.25, -0.2) is 18.1 Å². The van der Waals surface area contributed by atoms with Crippen molar-refractivity contribution >= 4 is 39.0 Å². The summed E-state index contributed by atoms with van der Waals surface area (Å²) in [6, 6.07) is 17.9. The number of benzene rings is 2. The fraction of sp³-hybridized carbons (Fsp3) is 0.125. The van der Waals surface area contributed by atoms with Gasteiger partial charge < -0.3 is 5.32 Å². The highest BCUT2D eigenvalue weighted by Gasteiger charge is 2.25. The van der Waals surface area contributed by atoms with Crippen LogP contribution in [0.3, 0.4) is 0 Å². The minimum Gasteiger partial charge on any atom is -0.307 e. The molecule has 0 saturated carbocycles. The van der Waals surface area contributed by atoms with Gasteiger partial charge in [-0.15, -0.1) is 0 Å². The van der Waals surface area contributed by atoms with E-state index in [2.05, 4.69) is 15.0 Å². The molecule has 180 valence electrons. The third-order valence-corrected chi connectivity index (χ3v) is 7.23. The summed E-state index contributed by atoms with van der Waals surface area (Å²) in [5.74, 6) is -0.229. The molecule has 0 fully saturated rings. The van der Waals surface area contributed by atoms with Crippen molar-refractivity contribution in [3.63, 3.8) is 0 Å². The number of hydrogen-bond donors (Lipinski definition) is 2. The number of halogens is 1. The first-order valence-electron chi connectivity index (χ1n) is 10.5. The molecule has 9 nitrogen and oxygen atoms in total. The number of rotatable bonds is 6. The molecule has 0 unspecified atom stereocenters. The Hall–Kier alpha value is -3.89. The summed E-state index contributed by atoms with van der Waals surface area (Å²) in [6.07, 6.45) is 0. The summed E-state index contributed by atoms with van der Waals surface area (Å²) in [4.78, 5) is 29.7. The smallest absolute Gasteiger partial charge is 0.296 e. The van der Waals surface area contributed by atoms with Gasteiger partial charge >= 0.3 is 0 Å². The number of hydrogen-bond acceptors (Lipinski definition) is 5. The third kappa shape index (κ3) is 4.84. The molecule has 0 aliphatic rings. The largest absolute Gasteiger partial charge is 0.307 e. The number of pyridine rings is 1. The van der Waals surface area contributed by atoms with E-state index in [1.165, 1.54) is 16.8 Å². The topological polar surface area (TPSA) is 115 Å². The van der Waals surface area contributed by atoms with E-state index in [0.29, 0.717) is 22.9 Å². The second kappa shape index (κ2) is 9.40. The standard InChI is InChI=1S/C24H22ClN5O4S/c1-15-8-7-11-21(26-15)27-23(31)17-12-13-19(25)20(14-17)35(33,34)28-22-16(2)29(3)30(24(22)32)18-9-5-4-6-10-18/h4-14,28H,1-3H3,(H,26,27,31). The molecule has 0 atom stereocenters. The normalized spacial score (nSPS) is 11.3. The van der Waals surface area contributed by atoms with Crippen LogP contribution >= 0.6 is 11.6 Å². The molecule has 2 N–H and O–H groups in total. The van der Waals surface area contributed by atoms with Crippen LogP contribution in [0.1, 0.15) is 21.7 Å². The highest BCUT2D eigenvalue weighted by molar-refractivity contribution is 7.92. The molecule has 11 heteroatoms. The Morgan fingerprint density at radius 2 is 1.71 bits per heavy atom. The van der Waals surface area contributed by atoms with Crippen molar-refractivity contribution in [1.82, 2.24) is 14.3 Å².